The quantitative estimate of drug-likeness (QED) is 0.739. The van der Waals surface area contributed by atoms with E-state index in [1.165, 1.54) is 0 Å². The fraction of sp³-hybridized carbons (Fsp3) is 0.357. The van der Waals surface area contributed by atoms with E-state index in [2.05, 4.69) is 11.1 Å². The maximum Gasteiger partial charge on any atom is 0.163 e. The van der Waals surface area contributed by atoms with Gasteiger partial charge in [0.25, 0.3) is 0 Å². The number of ketones is 1. The van der Waals surface area contributed by atoms with Crippen LogP contribution in [0.15, 0.2) is 11.6 Å². The van der Waals surface area contributed by atoms with Gasteiger partial charge in [0.15, 0.2) is 5.78 Å². The molecule has 1 unspecified atom stereocenters. The topological polar surface area (TPSA) is 53.8 Å². The van der Waals surface area contributed by atoms with Gasteiger partial charge in [-0.05, 0) is 49.6 Å². The molecule has 1 aliphatic carbocycles. The molecule has 0 aromatic carbocycles. The third kappa shape index (κ3) is 1.99. The Bertz CT molecular complexity index is 564. The van der Waals surface area contributed by atoms with E-state index in [-0.39, 0.29) is 11.7 Å². The van der Waals surface area contributed by atoms with E-state index in [9.17, 15) is 4.79 Å². The molecule has 3 heteroatoms. The molecular formula is C14H14N2O. The van der Waals surface area contributed by atoms with Crippen LogP contribution in [0.4, 0.5) is 0 Å². The standard InChI is InChI=1S/C14H14N2O/c1-8-4-11-5-13(9(2)7-15)16-10(3)12(11)6-14(8)17/h4-5,9H,6H2,1-3H3. The number of nitrogens with zero attached hydrogens (tertiary/aromatic N) is 2. The normalized spacial score (nSPS) is 15.9. The highest BCUT2D eigenvalue weighted by Gasteiger charge is 2.19. The third-order valence-electron chi connectivity index (χ3n) is 3.17. The summed E-state index contributed by atoms with van der Waals surface area (Å²) in [5.74, 6) is -0.0613. The smallest absolute Gasteiger partial charge is 0.163 e. The van der Waals surface area contributed by atoms with Crippen molar-refractivity contribution in [3.8, 4) is 6.07 Å². The van der Waals surface area contributed by atoms with Crippen LogP contribution in [0.25, 0.3) is 6.08 Å². The van der Waals surface area contributed by atoms with Gasteiger partial charge in [0.05, 0.1) is 17.7 Å². The molecule has 1 aliphatic rings. The van der Waals surface area contributed by atoms with Gasteiger partial charge in [-0.1, -0.05) is 0 Å². The minimum atomic E-state index is -0.217. The van der Waals surface area contributed by atoms with Gasteiger partial charge in [0.2, 0.25) is 0 Å². The molecular weight excluding hydrogens is 212 g/mol. The van der Waals surface area contributed by atoms with Crippen molar-refractivity contribution in [2.24, 2.45) is 0 Å². The highest BCUT2D eigenvalue weighted by Crippen LogP contribution is 2.26. The Balaban J connectivity index is 2.58. The number of Topliss-reactive ketones (excluding diaryl/α,β-unsaturated/α-hetero) is 1. The largest absolute Gasteiger partial charge is 0.294 e. The zero-order valence-corrected chi connectivity index (χ0v) is 10.2. The molecule has 0 aliphatic heterocycles. The Morgan fingerprint density at radius 1 is 1.47 bits per heavy atom. The van der Waals surface area contributed by atoms with Gasteiger partial charge in [0, 0.05) is 12.1 Å². The summed E-state index contributed by atoms with van der Waals surface area (Å²) in [5.41, 5.74) is 4.44. The SMILES string of the molecule is CC1=Cc2cc(C(C)C#N)nc(C)c2CC1=O. The van der Waals surface area contributed by atoms with Crippen molar-refractivity contribution in [2.45, 2.75) is 33.1 Å². The van der Waals surface area contributed by atoms with Crippen molar-refractivity contribution < 1.29 is 4.79 Å². The van der Waals surface area contributed by atoms with Crippen LogP contribution in [0.5, 0.6) is 0 Å². The van der Waals surface area contributed by atoms with Crippen LogP contribution in [-0.2, 0) is 11.2 Å². The van der Waals surface area contributed by atoms with Crippen LogP contribution in [0.3, 0.4) is 0 Å². The summed E-state index contributed by atoms with van der Waals surface area (Å²) in [6.07, 6.45) is 2.32. The highest BCUT2D eigenvalue weighted by molar-refractivity contribution is 6.03. The number of carbonyl (C=O) groups excluding carboxylic acids is 1. The van der Waals surface area contributed by atoms with Gasteiger partial charge in [0.1, 0.15) is 0 Å². The first-order chi connectivity index (χ1) is 8.02. The zero-order chi connectivity index (χ0) is 12.6. The summed E-state index contributed by atoms with van der Waals surface area (Å²) in [6, 6.07) is 4.11. The second-order valence-corrected chi connectivity index (χ2v) is 4.48. The minimum Gasteiger partial charge on any atom is -0.294 e. The first-order valence-corrected chi connectivity index (χ1v) is 5.64. The summed E-state index contributed by atoms with van der Waals surface area (Å²) in [4.78, 5) is 16.0. The molecule has 1 atom stereocenters. The molecule has 0 spiro atoms. The maximum absolute atomic E-state index is 11.6. The van der Waals surface area contributed by atoms with Gasteiger partial charge in [-0.15, -0.1) is 0 Å². The van der Waals surface area contributed by atoms with Crippen LogP contribution in [0, 0.1) is 18.3 Å². The lowest BCUT2D eigenvalue weighted by molar-refractivity contribution is -0.114. The number of fused-ring (bicyclic) bond motifs is 1. The number of hydrogen-bond donors (Lipinski definition) is 0. The average molecular weight is 226 g/mol. The Morgan fingerprint density at radius 2 is 2.18 bits per heavy atom. The molecule has 0 radical (unpaired) electrons. The van der Waals surface area contributed by atoms with Gasteiger partial charge in [-0.3, -0.25) is 9.78 Å². The zero-order valence-electron chi connectivity index (χ0n) is 10.2. The van der Waals surface area contributed by atoms with Gasteiger partial charge >= 0.3 is 0 Å². The first-order valence-electron chi connectivity index (χ1n) is 5.64. The Kier molecular flexibility index (Phi) is 2.81. The van der Waals surface area contributed by atoms with E-state index < -0.39 is 0 Å². The van der Waals surface area contributed by atoms with Crippen molar-refractivity contribution >= 4 is 11.9 Å². The summed E-state index contributed by atoms with van der Waals surface area (Å²) in [6.45, 7) is 5.56. The molecule has 0 bridgehead atoms. The Labute approximate surface area is 101 Å². The van der Waals surface area contributed by atoms with Crippen molar-refractivity contribution in [3.63, 3.8) is 0 Å². The van der Waals surface area contributed by atoms with Crippen molar-refractivity contribution in [1.82, 2.24) is 4.98 Å². The second-order valence-electron chi connectivity index (χ2n) is 4.48. The summed E-state index contributed by atoms with van der Waals surface area (Å²) >= 11 is 0. The molecule has 1 heterocycles. The lowest BCUT2D eigenvalue weighted by Gasteiger charge is -2.17. The number of aromatic nitrogens is 1. The summed E-state index contributed by atoms with van der Waals surface area (Å²) in [5, 5.41) is 8.92. The fourth-order valence-corrected chi connectivity index (χ4v) is 2.01. The average Bonchev–Trinajstić information content (AvgIpc) is 2.30. The molecule has 0 N–H and O–H groups in total. The van der Waals surface area contributed by atoms with Crippen LogP contribution in [0.2, 0.25) is 0 Å². The van der Waals surface area contributed by atoms with Crippen molar-refractivity contribution in [2.75, 3.05) is 0 Å². The number of aryl methyl sites for hydroxylation is 1. The van der Waals surface area contributed by atoms with E-state index in [1.807, 2.05) is 32.9 Å². The summed E-state index contributed by atoms with van der Waals surface area (Å²) in [7, 11) is 0. The van der Waals surface area contributed by atoms with Crippen molar-refractivity contribution in [3.05, 3.63) is 34.2 Å². The number of nitriles is 1. The lowest BCUT2D eigenvalue weighted by Crippen LogP contribution is -2.14. The number of allylic oxidation sites excluding steroid dienone is 1. The van der Waals surface area contributed by atoms with Crippen LogP contribution in [0.1, 0.15) is 42.3 Å². The first kappa shape index (κ1) is 11.5. The predicted molar refractivity (Wildman–Crippen MR) is 65.4 cm³/mol. The number of rotatable bonds is 1. The molecule has 0 saturated carbocycles. The monoisotopic (exact) mass is 226 g/mol. The third-order valence-corrected chi connectivity index (χ3v) is 3.17. The van der Waals surface area contributed by atoms with E-state index >= 15 is 0 Å². The Morgan fingerprint density at radius 3 is 2.82 bits per heavy atom. The number of carbonyl (C=O) groups is 1. The molecule has 1 aromatic rings. The molecule has 3 nitrogen and oxygen atoms in total. The highest BCUT2D eigenvalue weighted by atomic mass is 16.1. The molecule has 2 rings (SSSR count). The second kappa shape index (κ2) is 4.14. The van der Waals surface area contributed by atoms with Crippen LogP contribution >= 0.6 is 0 Å². The van der Waals surface area contributed by atoms with Gasteiger partial charge in [-0.25, -0.2) is 0 Å². The van der Waals surface area contributed by atoms with E-state index in [0.717, 1.165) is 28.1 Å². The van der Waals surface area contributed by atoms with Gasteiger partial charge < -0.3 is 0 Å². The molecule has 0 saturated heterocycles. The van der Waals surface area contributed by atoms with E-state index in [0.29, 0.717) is 6.42 Å². The predicted octanol–water partition coefficient (Wildman–Crippen LogP) is 2.55. The maximum atomic E-state index is 11.6. The molecule has 1 aromatic heterocycles. The Hall–Kier alpha value is -1.95. The number of hydrogen-bond acceptors (Lipinski definition) is 3. The van der Waals surface area contributed by atoms with Crippen molar-refractivity contribution in [1.29, 1.82) is 5.26 Å². The fourth-order valence-electron chi connectivity index (χ4n) is 2.01. The van der Waals surface area contributed by atoms with Crippen LogP contribution in [-0.4, -0.2) is 10.8 Å². The van der Waals surface area contributed by atoms with Gasteiger partial charge in [-0.2, -0.15) is 5.26 Å². The van der Waals surface area contributed by atoms with E-state index in [1.54, 1.807) is 0 Å². The lowest BCUT2D eigenvalue weighted by atomic mass is 9.90. The molecule has 0 fully saturated rings. The van der Waals surface area contributed by atoms with Crippen LogP contribution < -0.4 is 0 Å². The van der Waals surface area contributed by atoms with E-state index in [4.69, 9.17) is 5.26 Å². The summed E-state index contributed by atoms with van der Waals surface area (Å²) < 4.78 is 0. The molecule has 86 valence electrons. The molecule has 0 amide bonds. The number of pyridine rings is 1. The minimum absolute atomic E-state index is 0.156. The molecule has 17 heavy (non-hydrogen) atoms.